The van der Waals surface area contributed by atoms with Crippen LogP contribution in [-0.4, -0.2) is 5.97 Å². The molecule has 0 radical (unpaired) electrons. The van der Waals surface area contributed by atoms with E-state index < -0.39 is 29.3 Å². The molecule has 0 bridgehead atoms. The number of rotatable bonds is 4. The van der Waals surface area contributed by atoms with Crippen molar-refractivity contribution in [3.63, 3.8) is 0 Å². The van der Waals surface area contributed by atoms with Crippen molar-refractivity contribution in [1.29, 1.82) is 0 Å². The molecule has 0 aliphatic heterocycles. The number of carbonyl (C=O) groups is 1. The molecule has 0 heterocycles. The first kappa shape index (κ1) is 21.2. The number of hydrogen-bond donors (Lipinski definition) is 0. The normalized spacial score (nSPS) is 18.6. The molecular formula is C26H23F3O2. The standard InChI is InChI=1S/C26H23F3O2/c1-16-7-12-20(22(27)15-16)18-8-10-19(11-9-18)26(30)31-23-14-13-21(24(28)25(23)29)17-5-3-2-4-6-17/h2-7,12-15,18-19H,8-11H2,1H3. The number of esters is 1. The van der Waals surface area contributed by atoms with Crippen LogP contribution >= 0.6 is 0 Å². The quantitative estimate of drug-likeness (QED) is 0.334. The van der Waals surface area contributed by atoms with Crippen LogP contribution in [0.5, 0.6) is 5.75 Å². The van der Waals surface area contributed by atoms with Crippen LogP contribution in [-0.2, 0) is 4.79 Å². The second-order valence-corrected chi connectivity index (χ2v) is 8.10. The average molecular weight is 424 g/mol. The topological polar surface area (TPSA) is 26.3 Å². The zero-order valence-corrected chi connectivity index (χ0v) is 17.2. The molecule has 0 atom stereocenters. The highest BCUT2D eigenvalue weighted by atomic mass is 19.2. The Morgan fingerprint density at radius 3 is 2.26 bits per heavy atom. The summed E-state index contributed by atoms with van der Waals surface area (Å²) in [7, 11) is 0. The zero-order chi connectivity index (χ0) is 22.0. The summed E-state index contributed by atoms with van der Waals surface area (Å²) < 4.78 is 48.5. The molecule has 31 heavy (non-hydrogen) atoms. The molecule has 3 aromatic carbocycles. The Morgan fingerprint density at radius 2 is 1.58 bits per heavy atom. The summed E-state index contributed by atoms with van der Waals surface area (Å²) in [5.74, 6) is -3.80. The fraction of sp³-hybridized carbons (Fsp3) is 0.269. The van der Waals surface area contributed by atoms with Crippen LogP contribution in [0.1, 0.15) is 42.7 Å². The number of aryl methyl sites for hydroxylation is 1. The maximum atomic E-state index is 14.5. The van der Waals surface area contributed by atoms with Crippen LogP contribution in [0, 0.1) is 30.3 Å². The molecule has 0 unspecified atom stereocenters. The van der Waals surface area contributed by atoms with Crippen molar-refractivity contribution in [2.45, 2.75) is 38.5 Å². The first-order valence-electron chi connectivity index (χ1n) is 10.4. The van der Waals surface area contributed by atoms with Gasteiger partial charge in [-0.05, 0) is 73.4 Å². The summed E-state index contributed by atoms with van der Waals surface area (Å²) in [4.78, 5) is 12.6. The highest BCUT2D eigenvalue weighted by molar-refractivity contribution is 5.76. The van der Waals surface area contributed by atoms with Gasteiger partial charge in [0.15, 0.2) is 11.6 Å². The average Bonchev–Trinajstić information content (AvgIpc) is 2.78. The fourth-order valence-corrected chi connectivity index (χ4v) is 4.25. The minimum Gasteiger partial charge on any atom is -0.423 e. The van der Waals surface area contributed by atoms with Crippen LogP contribution in [0.4, 0.5) is 13.2 Å². The molecule has 3 aromatic rings. The summed E-state index contributed by atoms with van der Waals surface area (Å²) in [5.41, 5.74) is 2.19. The third-order valence-electron chi connectivity index (χ3n) is 6.00. The summed E-state index contributed by atoms with van der Waals surface area (Å²) in [5, 5.41) is 0. The van der Waals surface area contributed by atoms with E-state index in [1.54, 1.807) is 36.4 Å². The van der Waals surface area contributed by atoms with Gasteiger partial charge in [0.05, 0.1) is 5.92 Å². The molecule has 2 nitrogen and oxygen atoms in total. The lowest BCUT2D eigenvalue weighted by Gasteiger charge is -2.27. The van der Waals surface area contributed by atoms with Gasteiger partial charge in [-0.25, -0.2) is 8.78 Å². The van der Waals surface area contributed by atoms with Crippen LogP contribution in [0.25, 0.3) is 11.1 Å². The molecule has 0 aromatic heterocycles. The first-order chi connectivity index (χ1) is 14.9. The van der Waals surface area contributed by atoms with Gasteiger partial charge in [-0.15, -0.1) is 0 Å². The second-order valence-electron chi connectivity index (χ2n) is 8.10. The van der Waals surface area contributed by atoms with Crippen molar-refractivity contribution in [3.05, 3.63) is 89.2 Å². The van der Waals surface area contributed by atoms with E-state index in [1.807, 2.05) is 13.0 Å². The van der Waals surface area contributed by atoms with Crippen LogP contribution in [0.2, 0.25) is 0 Å². The van der Waals surface area contributed by atoms with Crippen LogP contribution < -0.4 is 4.74 Å². The summed E-state index contributed by atoms with van der Waals surface area (Å²) in [6.45, 7) is 1.84. The molecule has 0 amide bonds. The van der Waals surface area contributed by atoms with Gasteiger partial charge < -0.3 is 4.74 Å². The molecule has 1 aliphatic rings. The van der Waals surface area contributed by atoms with E-state index in [1.165, 1.54) is 18.2 Å². The van der Waals surface area contributed by atoms with E-state index >= 15 is 0 Å². The van der Waals surface area contributed by atoms with E-state index in [9.17, 15) is 18.0 Å². The van der Waals surface area contributed by atoms with Crippen LogP contribution in [0.15, 0.2) is 60.7 Å². The van der Waals surface area contributed by atoms with Crippen molar-refractivity contribution < 1.29 is 22.7 Å². The molecule has 5 heteroatoms. The van der Waals surface area contributed by atoms with Gasteiger partial charge in [0.2, 0.25) is 5.82 Å². The molecule has 0 saturated heterocycles. The van der Waals surface area contributed by atoms with Gasteiger partial charge in [0, 0.05) is 5.56 Å². The van der Waals surface area contributed by atoms with Crippen molar-refractivity contribution in [2.75, 3.05) is 0 Å². The van der Waals surface area contributed by atoms with Crippen molar-refractivity contribution in [1.82, 2.24) is 0 Å². The van der Waals surface area contributed by atoms with E-state index in [4.69, 9.17) is 4.74 Å². The van der Waals surface area contributed by atoms with Crippen molar-refractivity contribution in [2.24, 2.45) is 5.92 Å². The minimum absolute atomic E-state index is 0.0454. The van der Waals surface area contributed by atoms with Gasteiger partial charge in [0.1, 0.15) is 5.82 Å². The Bertz CT molecular complexity index is 1090. The predicted molar refractivity (Wildman–Crippen MR) is 113 cm³/mol. The first-order valence-corrected chi connectivity index (χ1v) is 10.4. The Morgan fingerprint density at radius 1 is 0.871 bits per heavy atom. The van der Waals surface area contributed by atoms with Crippen molar-refractivity contribution in [3.8, 4) is 16.9 Å². The maximum absolute atomic E-state index is 14.5. The smallest absolute Gasteiger partial charge is 0.314 e. The largest absolute Gasteiger partial charge is 0.423 e. The fourth-order valence-electron chi connectivity index (χ4n) is 4.25. The molecule has 4 rings (SSSR count). The van der Waals surface area contributed by atoms with E-state index in [-0.39, 0.29) is 17.3 Å². The number of halogens is 3. The molecule has 1 fully saturated rings. The SMILES string of the molecule is Cc1ccc(C2CCC(C(=O)Oc3ccc(-c4ccccc4)c(F)c3F)CC2)c(F)c1. The Balaban J connectivity index is 1.42. The molecular weight excluding hydrogens is 401 g/mol. The van der Waals surface area contributed by atoms with E-state index in [0.29, 0.717) is 36.8 Å². The second kappa shape index (κ2) is 8.96. The summed E-state index contributed by atoms with van der Waals surface area (Å²) in [6, 6.07) is 16.5. The number of benzene rings is 3. The summed E-state index contributed by atoms with van der Waals surface area (Å²) in [6.07, 6.45) is 2.32. The number of ether oxygens (including phenoxy) is 1. The zero-order valence-electron chi connectivity index (χ0n) is 17.2. The Hall–Kier alpha value is -3.08. The third-order valence-corrected chi connectivity index (χ3v) is 6.00. The number of carbonyl (C=O) groups excluding carboxylic acids is 1. The van der Waals surface area contributed by atoms with Gasteiger partial charge in [-0.2, -0.15) is 4.39 Å². The number of hydrogen-bond acceptors (Lipinski definition) is 2. The van der Waals surface area contributed by atoms with Gasteiger partial charge in [-0.1, -0.05) is 42.5 Å². The monoisotopic (exact) mass is 424 g/mol. The molecule has 0 spiro atoms. The molecule has 1 saturated carbocycles. The maximum Gasteiger partial charge on any atom is 0.314 e. The van der Waals surface area contributed by atoms with E-state index in [0.717, 1.165) is 5.56 Å². The Kier molecular flexibility index (Phi) is 6.12. The van der Waals surface area contributed by atoms with Crippen molar-refractivity contribution >= 4 is 5.97 Å². The molecule has 0 N–H and O–H groups in total. The Labute approximate surface area is 179 Å². The highest BCUT2D eigenvalue weighted by Gasteiger charge is 2.30. The molecule has 1 aliphatic carbocycles. The van der Waals surface area contributed by atoms with Gasteiger partial charge in [-0.3, -0.25) is 4.79 Å². The van der Waals surface area contributed by atoms with E-state index in [2.05, 4.69) is 0 Å². The minimum atomic E-state index is -1.18. The molecule has 160 valence electrons. The van der Waals surface area contributed by atoms with Gasteiger partial charge in [0.25, 0.3) is 0 Å². The lowest BCUT2D eigenvalue weighted by Crippen LogP contribution is -2.25. The van der Waals surface area contributed by atoms with Gasteiger partial charge >= 0.3 is 5.97 Å². The lowest BCUT2D eigenvalue weighted by molar-refractivity contribution is -0.140. The third kappa shape index (κ3) is 4.50. The van der Waals surface area contributed by atoms with Crippen LogP contribution in [0.3, 0.4) is 0 Å². The lowest BCUT2D eigenvalue weighted by atomic mass is 9.78. The highest BCUT2D eigenvalue weighted by Crippen LogP contribution is 2.38. The predicted octanol–water partition coefficient (Wildman–Crippen LogP) is 6.96. The summed E-state index contributed by atoms with van der Waals surface area (Å²) >= 11 is 0.